The van der Waals surface area contributed by atoms with Crippen molar-refractivity contribution in [2.75, 3.05) is 0 Å². The highest BCUT2D eigenvalue weighted by Crippen LogP contribution is 2.50. The predicted octanol–water partition coefficient (Wildman–Crippen LogP) is 17.7. The Bertz CT molecular complexity index is 4290. The van der Waals surface area contributed by atoms with Gasteiger partial charge >= 0.3 is 0 Å². The zero-order chi connectivity index (χ0) is 58.2. The van der Waals surface area contributed by atoms with E-state index in [2.05, 4.69) is 252 Å². The summed E-state index contributed by atoms with van der Waals surface area (Å²) in [6.45, 7) is 32.3. The minimum atomic E-state index is -0.170. The van der Waals surface area contributed by atoms with Crippen molar-refractivity contribution in [3.63, 3.8) is 0 Å². The second-order valence-corrected chi connectivity index (χ2v) is 27.9. The zero-order valence-electron chi connectivity index (χ0n) is 51.9. The number of rotatable bonds is 10. The van der Waals surface area contributed by atoms with Crippen LogP contribution in [0.25, 0.3) is 77.2 Å². The molecule has 4 unspecified atom stereocenters. The van der Waals surface area contributed by atoms with Crippen LogP contribution in [0.3, 0.4) is 0 Å². The maximum absolute atomic E-state index is 7.97. The van der Waals surface area contributed by atoms with Crippen LogP contribution in [0.5, 0.6) is 23.0 Å². The Morgan fingerprint density at radius 2 is 0.714 bits per heavy atom. The predicted molar refractivity (Wildman–Crippen MR) is 361 cm³/mol. The smallest absolute Gasteiger partial charge is 0.256 e. The Morgan fingerprint density at radius 1 is 0.369 bits per heavy atom. The van der Waals surface area contributed by atoms with Crippen molar-refractivity contribution < 1.29 is 9.47 Å². The Kier molecular flexibility index (Phi) is 11.9. The molecule has 0 bridgehead atoms. The molecule has 4 atom stereocenters. The van der Waals surface area contributed by atoms with Crippen LogP contribution in [0.1, 0.15) is 180 Å². The van der Waals surface area contributed by atoms with E-state index in [9.17, 15) is 0 Å². The lowest BCUT2D eigenvalue weighted by atomic mass is 9.31. The molecule has 11 aromatic rings. The van der Waals surface area contributed by atoms with Gasteiger partial charge in [0, 0.05) is 43.5 Å². The molecular weight excluding hydrogens is 1020 g/mol. The quantitative estimate of drug-likeness (QED) is 0.128. The second kappa shape index (κ2) is 18.9. The van der Waals surface area contributed by atoms with Gasteiger partial charge in [0.1, 0.15) is 23.0 Å². The van der Waals surface area contributed by atoms with Crippen LogP contribution in [0.2, 0.25) is 0 Å². The largest absolute Gasteiger partial charge is 0.456 e. The molecule has 2 aromatic heterocycles. The highest BCUT2D eigenvalue weighted by molar-refractivity contribution is 7.02. The molecule has 6 heteroatoms. The van der Waals surface area contributed by atoms with Gasteiger partial charge in [0.05, 0.1) is 22.4 Å². The number of hydrogen-bond donors (Lipinski definition) is 0. The van der Waals surface area contributed by atoms with Crippen LogP contribution < -0.4 is 42.3 Å². The summed E-state index contributed by atoms with van der Waals surface area (Å²) < 4.78 is 21.2. The normalized spacial score (nSPS) is 15.2. The van der Waals surface area contributed by atoms with Crippen molar-refractivity contribution >= 4 is 89.8 Å². The first-order chi connectivity index (χ1) is 40.4. The summed E-state index contributed by atoms with van der Waals surface area (Å²) in [5, 5.41) is 5.23. The highest BCUT2D eigenvalue weighted by Gasteiger charge is 2.51. The Hall–Kier alpha value is -7.69. The molecule has 15 rings (SSSR count). The van der Waals surface area contributed by atoms with Gasteiger partial charge in [0.2, 0.25) is 0 Å². The van der Waals surface area contributed by atoms with Crippen LogP contribution in [0.4, 0.5) is 0 Å². The number of hydrogen-bond acceptors (Lipinski definition) is 2. The monoisotopic (exact) mass is 1100 g/mol. The van der Waals surface area contributed by atoms with E-state index in [-0.39, 0.29) is 24.3 Å². The van der Waals surface area contributed by atoms with Gasteiger partial charge in [0.25, 0.3) is 13.4 Å². The van der Waals surface area contributed by atoms with Gasteiger partial charge < -0.3 is 18.6 Å². The summed E-state index contributed by atoms with van der Waals surface area (Å²) in [4.78, 5) is 0. The molecule has 4 nitrogen and oxygen atoms in total. The molecule has 4 aliphatic heterocycles. The number of benzene rings is 9. The molecule has 0 aliphatic carbocycles. The molecule has 4 aliphatic rings. The minimum absolute atomic E-state index is 0.0511. The molecule has 0 fully saturated rings. The third kappa shape index (κ3) is 7.66. The lowest BCUT2D eigenvalue weighted by molar-refractivity contribution is 0.472. The summed E-state index contributed by atoms with van der Waals surface area (Å²) >= 11 is 0. The van der Waals surface area contributed by atoms with E-state index in [0.29, 0.717) is 23.7 Å². The van der Waals surface area contributed by atoms with E-state index in [1.807, 2.05) is 0 Å². The summed E-state index contributed by atoms with van der Waals surface area (Å²) in [6.07, 6.45) is 4.25. The first kappa shape index (κ1) is 53.1. The summed E-state index contributed by atoms with van der Waals surface area (Å²) in [5.41, 5.74) is 27.7. The van der Waals surface area contributed by atoms with E-state index >= 15 is 0 Å². The third-order valence-electron chi connectivity index (χ3n) is 20.9. The molecule has 0 N–H and O–H groups in total. The van der Waals surface area contributed by atoms with E-state index in [1.54, 1.807) is 0 Å². The van der Waals surface area contributed by atoms with Crippen LogP contribution in [0, 0.1) is 0 Å². The average molecular weight is 1100 g/mol. The lowest BCUT2D eigenvalue weighted by Gasteiger charge is -2.41. The van der Waals surface area contributed by atoms with E-state index < -0.39 is 0 Å². The van der Waals surface area contributed by atoms with Crippen molar-refractivity contribution in [3.8, 4) is 56.6 Å². The van der Waals surface area contributed by atoms with Crippen LogP contribution in [-0.2, 0) is 10.8 Å². The Labute approximate surface area is 498 Å². The Morgan fingerprint density at radius 3 is 1.07 bits per heavy atom. The molecule has 0 spiro atoms. The van der Waals surface area contributed by atoms with E-state index in [1.165, 1.54) is 132 Å². The first-order valence-corrected chi connectivity index (χ1v) is 31.7. The van der Waals surface area contributed by atoms with Crippen molar-refractivity contribution in [1.82, 2.24) is 9.13 Å². The van der Waals surface area contributed by atoms with Gasteiger partial charge in [-0.3, -0.25) is 0 Å². The lowest BCUT2D eigenvalue weighted by Crippen LogP contribution is -2.63. The van der Waals surface area contributed by atoms with Gasteiger partial charge in [-0.05, 0) is 186 Å². The van der Waals surface area contributed by atoms with Gasteiger partial charge in [-0.25, -0.2) is 0 Å². The minimum Gasteiger partial charge on any atom is -0.456 e. The van der Waals surface area contributed by atoms with Gasteiger partial charge in [-0.2, -0.15) is 0 Å². The standard InChI is InChI=1S/C78H78B2N2O2/c1-15-43(5)49-23-31-65-57(35-49)59-37-53(45(7)17-3)41-63-71(59)81(65)73-69-76(84-67-33-25-51(39-61(67)79(63)69)47-19-27-55(28-20-47)77(9,10)11)74-70-75(73)83-68-34-26-52(48-21-29-56(30-22-48)78(12,13)14)40-62(68)80(70)64-42-54(46(8)18-4)38-60-58-36-50(44(6)16-2)24-32-66(58)82(74)72(60)64/h19-46H,15-18H2,1-14H3. The summed E-state index contributed by atoms with van der Waals surface area (Å²) in [7, 11) is 0. The van der Waals surface area contributed by atoms with Crippen molar-refractivity contribution in [3.05, 3.63) is 179 Å². The maximum Gasteiger partial charge on any atom is 0.256 e. The van der Waals surface area contributed by atoms with Gasteiger partial charge in [-0.1, -0.05) is 194 Å². The molecule has 418 valence electrons. The number of nitrogens with zero attached hydrogens (tertiary/aromatic N) is 2. The van der Waals surface area contributed by atoms with Crippen molar-refractivity contribution in [2.45, 2.75) is 157 Å². The van der Waals surface area contributed by atoms with Crippen LogP contribution >= 0.6 is 0 Å². The summed E-state index contributed by atoms with van der Waals surface area (Å²) in [6, 6.07) is 57.6. The topological polar surface area (TPSA) is 28.3 Å². The van der Waals surface area contributed by atoms with Crippen molar-refractivity contribution in [2.24, 2.45) is 0 Å². The first-order valence-electron chi connectivity index (χ1n) is 31.7. The van der Waals surface area contributed by atoms with Gasteiger partial charge in [0.15, 0.2) is 0 Å². The maximum atomic E-state index is 7.97. The fourth-order valence-electron chi connectivity index (χ4n) is 15.0. The zero-order valence-corrected chi connectivity index (χ0v) is 51.9. The van der Waals surface area contributed by atoms with Crippen LogP contribution in [-0.4, -0.2) is 22.6 Å². The number of fused-ring (bicyclic) bond motifs is 16. The molecular formula is C78H78B2N2O2. The fraction of sp³-hybridized carbons (Fsp3) is 0.308. The SMILES string of the molecule is CCC(C)c1ccc2c(c1)c1cc(C(C)CC)cc3c1n2-c1c2c4c(c5c1B3c1cc(-c3ccc(C(C)(C)C)cc3)ccc1O5)-n1c3ccc(C(C)CC)cc3c3cc(C(C)CC)cc(c31)B4c1cc(-c3ccc(C(C)(C)C)cc3)ccc1O2. The molecule has 9 aromatic carbocycles. The van der Waals surface area contributed by atoms with Crippen LogP contribution in [0.15, 0.2) is 146 Å². The number of aromatic nitrogens is 2. The Balaban J connectivity index is 1.11. The fourth-order valence-corrected chi connectivity index (χ4v) is 15.0. The molecule has 0 radical (unpaired) electrons. The molecule has 84 heavy (non-hydrogen) atoms. The van der Waals surface area contributed by atoms with Gasteiger partial charge in [-0.15, -0.1) is 0 Å². The molecule has 0 saturated heterocycles. The molecule has 0 amide bonds. The average Bonchev–Trinajstić information content (AvgIpc) is 1.38. The van der Waals surface area contributed by atoms with E-state index in [4.69, 9.17) is 9.47 Å². The molecule has 0 saturated carbocycles. The third-order valence-corrected chi connectivity index (χ3v) is 20.9. The number of ether oxygens (including phenoxy) is 2. The summed E-state index contributed by atoms with van der Waals surface area (Å²) in [5.74, 6) is 5.25. The highest BCUT2D eigenvalue weighted by atomic mass is 16.5. The molecule has 6 heterocycles. The van der Waals surface area contributed by atoms with E-state index in [0.717, 1.165) is 60.1 Å². The van der Waals surface area contributed by atoms with Crippen molar-refractivity contribution in [1.29, 1.82) is 0 Å². The second-order valence-electron chi connectivity index (χ2n) is 27.9.